The second-order valence-electron chi connectivity index (χ2n) is 30.0. The number of rotatable bonds is 34. The first-order valence-corrected chi connectivity index (χ1v) is 36.7. The van der Waals surface area contributed by atoms with Crippen molar-refractivity contribution in [1.29, 1.82) is 0 Å². The molecule has 4 aliphatic rings. The van der Waals surface area contributed by atoms with Crippen LogP contribution in [-0.4, -0.2) is 49.2 Å². The molecule has 8 heteroatoms. The third-order valence-electron chi connectivity index (χ3n) is 22.4. The zero-order valence-corrected chi connectivity index (χ0v) is 59.1. The Balaban J connectivity index is 0.000000218. The second kappa shape index (κ2) is 31.9. The van der Waals surface area contributed by atoms with Crippen molar-refractivity contribution in [3.05, 3.63) is 155 Å². The van der Waals surface area contributed by atoms with Crippen LogP contribution in [0, 0.1) is 0 Å². The molecule has 2 heterocycles. The average Bonchev–Trinajstić information content (AvgIpc) is 1.57. The summed E-state index contributed by atoms with van der Waals surface area (Å²) in [7, 11) is -0.731. The van der Waals surface area contributed by atoms with Gasteiger partial charge in [-0.2, -0.15) is 0 Å². The van der Waals surface area contributed by atoms with Crippen molar-refractivity contribution >= 4 is 37.7 Å². The summed E-state index contributed by atoms with van der Waals surface area (Å²) >= 11 is 0. The van der Waals surface area contributed by atoms with Gasteiger partial charge in [-0.15, -0.1) is 0 Å². The third-order valence-corrected chi connectivity index (χ3v) is 22.4. The topological polar surface area (TPSA) is 71.1 Å². The highest BCUT2D eigenvalue weighted by Crippen LogP contribution is 2.57. The predicted molar refractivity (Wildman–Crippen MR) is 390 cm³/mol. The fraction of sp³-hybridized carbons (Fsp3) is 0.548. The van der Waals surface area contributed by atoms with Crippen molar-refractivity contribution in [2.75, 3.05) is 0 Å². The largest absolute Gasteiger partial charge is 0.494 e. The van der Waals surface area contributed by atoms with Gasteiger partial charge in [-0.05, 0) is 171 Å². The molecule has 6 nitrogen and oxygen atoms in total. The van der Waals surface area contributed by atoms with E-state index in [1.54, 1.807) is 0 Å². The first kappa shape index (κ1) is 70.9. The average molecular weight is 1240 g/mol. The first-order chi connectivity index (χ1) is 44.3. The summed E-state index contributed by atoms with van der Waals surface area (Å²) in [6.07, 6.45) is 37.6. The summed E-state index contributed by atoms with van der Waals surface area (Å²) in [5.41, 5.74) is 18.3. The van der Waals surface area contributed by atoms with E-state index in [1.807, 2.05) is 24.3 Å². The molecule has 0 amide bonds. The number of unbranched alkanes of at least 4 members (excludes halogenated alkanes) is 20. The highest BCUT2D eigenvalue weighted by atomic mass is 16.7. The monoisotopic (exact) mass is 1240 g/mol. The van der Waals surface area contributed by atoms with Gasteiger partial charge in [0.25, 0.3) is 0 Å². The van der Waals surface area contributed by atoms with Gasteiger partial charge in [0.1, 0.15) is 12.6 Å². The number of carbonyl (C=O) groups is 2. The smallest absolute Gasteiger partial charge is 0.399 e. The normalized spacial score (nSPS) is 17.2. The Labute approximate surface area is 558 Å². The Bertz CT molecular complexity index is 3100. The zero-order chi connectivity index (χ0) is 65.6. The Morgan fingerprint density at radius 3 is 0.804 bits per heavy atom. The van der Waals surface area contributed by atoms with Crippen molar-refractivity contribution in [1.82, 2.24) is 0 Å². The van der Waals surface area contributed by atoms with Crippen LogP contribution in [0.1, 0.15) is 306 Å². The first-order valence-electron chi connectivity index (χ1n) is 36.7. The minimum absolute atomic E-state index is 0.0301. The number of benzene rings is 6. The van der Waals surface area contributed by atoms with Crippen molar-refractivity contribution in [3.8, 4) is 44.5 Å². The number of fused-ring (bicyclic) bond motifs is 6. The molecule has 2 aliphatic heterocycles. The van der Waals surface area contributed by atoms with Crippen LogP contribution >= 0.6 is 0 Å². The molecule has 6 aromatic carbocycles. The van der Waals surface area contributed by atoms with Crippen LogP contribution in [0.25, 0.3) is 44.5 Å². The lowest BCUT2D eigenvalue weighted by molar-refractivity contribution is 0.00578. The van der Waals surface area contributed by atoms with Gasteiger partial charge >= 0.3 is 14.2 Å². The van der Waals surface area contributed by atoms with Crippen LogP contribution in [0.2, 0.25) is 0 Å². The number of aldehydes is 2. The van der Waals surface area contributed by atoms with Crippen LogP contribution in [0.5, 0.6) is 0 Å². The predicted octanol–water partition coefficient (Wildman–Crippen LogP) is 22.5. The Hall–Kier alpha value is -5.37. The molecule has 0 radical (unpaired) electrons. The standard InChI is InChI=1S/C43H50O2.C41H64B2O4/c1-3-5-7-9-11-13-27-43(28-14-12-10-8-6-4-2)41-29-37(35-19-15-33(31-44)16-20-35)23-25-39(41)40-26-24-38(30-42(40)43)36-21-17-34(32-45)18-22-36;1-11-13-15-17-19-21-27-41(28-22-20-18-16-14-12-2)35-29-31(42-44-37(3,4)38(5,6)45-42)23-25-33(35)34-26-24-32(30-36(34)41)43-46-39(7,8)40(9,10)47-43/h15-26,29-32H,3-14,27-28H2,1-2H3;23-26,29-30H,11-22,27-28H2,1-10H3. The highest BCUT2D eigenvalue weighted by Gasteiger charge is 2.54. The fourth-order valence-corrected chi connectivity index (χ4v) is 15.3. The molecule has 0 aromatic heterocycles. The lowest BCUT2D eigenvalue weighted by atomic mass is 9.67. The molecule has 0 atom stereocenters. The number of hydrogen-bond donors (Lipinski definition) is 0. The molecule has 2 fully saturated rings. The van der Waals surface area contributed by atoms with E-state index in [4.69, 9.17) is 18.6 Å². The Kier molecular flexibility index (Phi) is 24.6. The summed E-state index contributed by atoms with van der Waals surface area (Å²) in [5, 5.41) is 0. The summed E-state index contributed by atoms with van der Waals surface area (Å²) in [5.74, 6) is 0. The molecular weight excluding hydrogens is 1130 g/mol. The molecule has 0 spiro atoms. The van der Waals surface area contributed by atoms with Crippen molar-refractivity contribution < 1.29 is 28.2 Å². The quantitative estimate of drug-likeness (QED) is 0.0228. The van der Waals surface area contributed by atoms with E-state index in [9.17, 15) is 9.59 Å². The van der Waals surface area contributed by atoms with Crippen LogP contribution in [-0.2, 0) is 29.4 Å². The molecule has 0 bridgehead atoms. The van der Waals surface area contributed by atoms with Gasteiger partial charge in [-0.3, -0.25) is 9.59 Å². The molecular formula is C84H114B2O6. The van der Waals surface area contributed by atoms with Crippen molar-refractivity contribution in [2.24, 2.45) is 0 Å². The minimum Gasteiger partial charge on any atom is -0.399 e. The summed E-state index contributed by atoms with van der Waals surface area (Å²) < 4.78 is 26.4. The Morgan fingerprint density at radius 2 is 0.533 bits per heavy atom. The van der Waals surface area contributed by atoms with E-state index in [2.05, 4.69) is 180 Å². The SMILES string of the molecule is CCCCCCCCC1(CCCCCCCC)c2cc(-c3ccc(C=O)cc3)ccc2-c2ccc(-c3ccc(C=O)cc3)cc21.CCCCCCCCC1(CCCCCCCC)c2cc(B3OC(C)(C)C(C)(C)O3)ccc2-c2ccc(B3OC(C)(C)C(C)(C)O3)cc21. The van der Waals surface area contributed by atoms with Gasteiger partial charge in [-0.1, -0.05) is 291 Å². The Morgan fingerprint density at radius 1 is 0.293 bits per heavy atom. The molecule has 6 aromatic rings. The van der Waals surface area contributed by atoms with E-state index >= 15 is 0 Å². The zero-order valence-electron chi connectivity index (χ0n) is 59.1. The van der Waals surface area contributed by atoms with Gasteiger partial charge < -0.3 is 18.6 Å². The number of hydrogen-bond acceptors (Lipinski definition) is 6. The molecule has 2 saturated heterocycles. The van der Waals surface area contributed by atoms with E-state index in [1.165, 1.54) is 210 Å². The molecule has 92 heavy (non-hydrogen) atoms. The number of carbonyl (C=O) groups excluding carboxylic acids is 2. The van der Waals surface area contributed by atoms with Crippen molar-refractivity contribution in [3.63, 3.8) is 0 Å². The molecule has 0 N–H and O–H groups in total. The summed E-state index contributed by atoms with van der Waals surface area (Å²) in [6, 6.07) is 44.3. The molecule has 492 valence electrons. The van der Waals surface area contributed by atoms with E-state index < -0.39 is 0 Å². The van der Waals surface area contributed by atoms with Crippen LogP contribution in [0.15, 0.2) is 121 Å². The maximum absolute atomic E-state index is 11.3. The van der Waals surface area contributed by atoms with Gasteiger partial charge in [0, 0.05) is 22.0 Å². The van der Waals surface area contributed by atoms with E-state index in [-0.39, 0.29) is 47.5 Å². The summed E-state index contributed by atoms with van der Waals surface area (Å²) in [4.78, 5) is 22.7. The highest BCUT2D eigenvalue weighted by molar-refractivity contribution is 6.62. The van der Waals surface area contributed by atoms with Gasteiger partial charge in [0.05, 0.1) is 22.4 Å². The molecule has 2 aliphatic carbocycles. The maximum Gasteiger partial charge on any atom is 0.494 e. The maximum atomic E-state index is 11.3. The van der Waals surface area contributed by atoms with E-state index in [0.29, 0.717) is 11.1 Å². The van der Waals surface area contributed by atoms with Crippen molar-refractivity contribution in [2.45, 2.75) is 296 Å². The van der Waals surface area contributed by atoms with Gasteiger partial charge in [0.15, 0.2) is 0 Å². The summed E-state index contributed by atoms with van der Waals surface area (Å²) in [6.45, 7) is 26.4. The minimum atomic E-state index is -0.370. The van der Waals surface area contributed by atoms with Crippen LogP contribution in [0.4, 0.5) is 0 Å². The lowest BCUT2D eigenvalue weighted by Gasteiger charge is -2.33. The van der Waals surface area contributed by atoms with Crippen LogP contribution in [0.3, 0.4) is 0 Å². The lowest BCUT2D eigenvalue weighted by Crippen LogP contribution is -2.41. The van der Waals surface area contributed by atoms with Gasteiger partial charge in [-0.25, -0.2) is 0 Å². The molecule has 10 rings (SSSR count). The fourth-order valence-electron chi connectivity index (χ4n) is 15.3. The van der Waals surface area contributed by atoms with Gasteiger partial charge in [0.2, 0.25) is 0 Å². The second-order valence-corrected chi connectivity index (χ2v) is 30.0. The van der Waals surface area contributed by atoms with E-state index in [0.717, 1.165) is 60.3 Å². The molecule has 0 saturated carbocycles. The molecule has 0 unspecified atom stereocenters. The third kappa shape index (κ3) is 16.0. The van der Waals surface area contributed by atoms with Crippen LogP contribution < -0.4 is 10.9 Å².